The number of halogens is 1. The van der Waals surface area contributed by atoms with Crippen molar-refractivity contribution in [3.05, 3.63) is 93.7 Å². The highest BCUT2D eigenvalue weighted by Crippen LogP contribution is 2.27. The van der Waals surface area contributed by atoms with Crippen molar-refractivity contribution in [1.82, 2.24) is 14.9 Å². The predicted octanol–water partition coefficient (Wildman–Crippen LogP) is 5.59. The average Bonchev–Trinajstić information content (AvgIpc) is 3.17. The highest BCUT2D eigenvalue weighted by Gasteiger charge is 2.13. The van der Waals surface area contributed by atoms with Gasteiger partial charge in [-0.25, -0.2) is 9.77 Å². The Bertz CT molecular complexity index is 1240. The van der Waals surface area contributed by atoms with Crippen LogP contribution in [0.4, 0.5) is 0 Å². The Hall–Kier alpha value is -3.29. The first kappa shape index (κ1) is 21.0. The fourth-order valence-corrected chi connectivity index (χ4v) is 3.53. The van der Waals surface area contributed by atoms with E-state index in [2.05, 4.69) is 15.6 Å². The van der Waals surface area contributed by atoms with E-state index in [4.69, 9.17) is 33.3 Å². The van der Waals surface area contributed by atoms with E-state index in [1.54, 1.807) is 11.8 Å². The van der Waals surface area contributed by atoms with Crippen molar-refractivity contribution < 1.29 is 9.47 Å². The monoisotopic (exact) mass is 452 g/mol. The van der Waals surface area contributed by atoms with Gasteiger partial charge in [0.2, 0.25) is 4.77 Å². The molecule has 0 fully saturated rings. The number of para-hydroxylation sites is 1. The number of benzene rings is 3. The van der Waals surface area contributed by atoms with Gasteiger partial charge in [0.1, 0.15) is 18.1 Å². The topological polar surface area (TPSA) is 64.1 Å². The van der Waals surface area contributed by atoms with E-state index in [9.17, 15) is 0 Å². The SMILES string of the molecule is COc1ccccc1-c1n[nH]c(=S)n1NCc1cccc(OCc2ccccc2Cl)c1. The van der Waals surface area contributed by atoms with Gasteiger partial charge in [0, 0.05) is 10.6 Å². The number of nitrogens with one attached hydrogen (secondary N) is 2. The van der Waals surface area contributed by atoms with Gasteiger partial charge in [0.05, 0.1) is 19.2 Å². The molecule has 1 heterocycles. The Morgan fingerprint density at radius 2 is 1.87 bits per heavy atom. The summed E-state index contributed by atoms with van der Waals surface area (Å²) in [6.45, 7) is 0.931. The van der Waals surface area contributed by atoms with Crippen molar-refractivity contribution in [3.8, 4) is 22.9 Å². The molecule has 0 saturated carbocycles. The number of nitrogens with zero attached hydrogens (tertiary/aromatic N) is 2. The first-order chi connectivity index (χ1) is 15.2. The second-order valence-corrected chi connectivity index (χ2v) is 7.54. The molecule has 0 radical (unpaired) electrons. The minimum absolute atomic E-state index is 0.404. The molecule has 0 saturated heterocycles. The highest BCUT2D eigenvalue weighted by atomic mass is 35.5. The van der Waals surface area contributed by atoms with Crippen molar-refractivity contribution in [3.63, 3.8) is 0 Å². The second-order valence-electron chi connectivity index (χ2n) is 6.75. The molecule has 0 aliphatic carbocycles. The van der Waals surface area contributed by atoms with Gasteiger partial charge in [0.25, 0.3) is 0 Å². The summed E-state index contributed by atoms with van der Waals surface area (Å²) in [5.74, 6) is 2.13. The van der Waals surface area contributed by atoms with Gasteiger partial charge in [0.15, 0.2) is 5.82 Å². The summed E-state index contributed by atoms with van der Waals surface area (Å²) in [5.41, 5.74) is 6.14. The van der Waals surface area contributed by atoms with E-state index in [-0.39, 0.29) is 0 Å². The standard InChI is InChI=1S/C23H21ClN4O2S/c1-29-21-12-5-3-10-19(21)22-26-27-23(31)28(22)25-14-16-7-6-9-18(13-16)30-15-17-8-2-4-11-20(17)24/h2-13,25H,14-15H2,1H3,(H,27,31). The Kier molecular flexibility index (Phi) is 6.54. The number of hydrogen-bond acceptors (Lipinski definition) is 5. The number of methoxy groups -OCH3 is 1. The number of aromatic nitrogens is 3. The van der Waals surface area contributed by atoms with Crippen LogP contribution in [0.25, 0.3) is 11.4 Å². The van der Waals surface area contributed by atoms with Crippen molar-refractivity contribution in [2.45, 2.75) is 13.2 Å². The van der Waals surface area contributed by atoms with Crippen LogP contribution in [0.2, 0.25) is 5.02 Å². The molecule has 0 unspecified atom stereocenters. The van der Waals surface area contributed by atoms with Crippen LogP contribution < -0.4 is 14.9 Å². The smallest absolute Gasteiger partial charge is 0.214 e. The molecular weight excluding hydrogens is 432 g/mol. The largest absolute Gasteiger partial charge is 0.496 e. The zero-order chi connectivity index (χ0) is 21.6. The van der Waals surface area contributed by atoms with Gasteiger partial charge in [-0.15, -0.1) is 0 Å². The zero-order valence-electron chi connectivity index (χ0n) is 16.8. The van der Waals surface area contributed by atoms with Crippen molar-refractivity contribution in [2.24, 2.45) is 0 Å². The maximum atomic E-state index is 6.21. The maximum Gasteiger partial charge on any atom is 0.214 e. The molecule has 4 aromatic rings. The fourth-order valence-electron chi connectivity index (χ4n) is 3.15. The van der Waals surface area contributed by atoms with Crippen LogP contribution in [-0.2, 0) is 13.2 Å². The predicted molar refractivity (Wildman–Crippen MR) is 125 cm³/mol. The minimum Gasteiger partial charge on any atom is -0.496 e. The Morgan fingerprint density at radius 1 is 1.06 bits per heavy atom. The zero-order valence-corrected chi connectivity index (χ0v) is 18.4. The van der Waals surface area contributed by atoms with Gasteiger partial charge in [-0.1, -0.05) is 54.1 Å². The molecule has 3 aromatic carbocycles. The number of aromatic amines is 1. The Morgan fingerprint density at radius 3 is 2.71 bits per heavy atom. The van der Waals surface area contributed by atoms with Crippen molar-refractivity contribution in [2.75, 3.05) is 12.5 Å². The van der Waals surface area contributed by atoms with E-state index in [0.29, 0.717) is 28.8 Å². The molecule has 0 atom stereocenters. The summed E-state index contributed by atoms with van der Waals surface area (Å²) in [7, 11) is 1.63. The third-order valence-corrected chi connectivity index (χ3v) is 5.35. The normalized spacial score (nSPS) is 10.6. The quantitative estimate of drug-likeness (QED) is 0.341. The van der Waals surface area contributed by atoms with Crippen LogP contribution in [-0.4, -0.2) is 22.0 Å². The van der Waals surface area contributed by atoms with E-state index in [0.717, 1.165) is 28.2 Å². The first-order valence-electron chi connectivity index (χ1n) is 9.65. The van der Waals surface area contributed by atoms with E-state index < -0.39 is 0 Å². The van der Waals surface area contributed by atoms with E-state index in [1.807, 2.05) is 72.8 Å². The fraction of sp³-hybridized carbons (Fsp3) is 0.130. The summed E-state index contributed by atoms with van der Waals surface area (Å²) in [6, 6.07) is 23.2. The van der Waals surface area contributed by atoms with Crippen molar-refractivity contribution in [1.29, 1.82) is 0 Å². The molecule has 0 spiro atoms. The van der Waals surface area contributed by atoms with E-state index in [1.165, 1.54) is 0 Å². The molecule has 0 aliphatic rings. The lowest BCUT2D eigenvalue weighted by atomic mass is 10.2. The highest BCUT2D eigenvalue weighted by molar-refractivity contribution is 7.71. The number of ether oxygens (including phenoxy) is 2. The number of hydrogen-bond donors (Lipinski definition) is 2. The van der Waals surface area contributed by atoms with E-state index >= 15 is 0 Å². The van der Waals surface area contributed by atoms with Crippen LogP contribution in [0.3, 0.4) is 0 Å². The molecule has 31 heavy (non-hydrogen) atoms. The molecule has 2 N–H and O–H groups in total. The lowest BCUT2D eigenvalue weighted by Crippen LogP contribution is -2.16. The lowest BCUT2D eigenvalue weighted by Gasteiger charge is -2.13. The van der Waals surface area contributed by atoms with Gasteiger partial charge in [-0.05, 0) is 48.1 Å². The molecule has 6 nitrogen and oxygen atoms in total. The summed E-state index contributed by atoms with van der Waals surface area (Å²) in [4.78, 5) is 0. The minimum atomic E-state index is 0.404. The van der Waals surface area contributed by atoms with Gasteiger partial charge < -0.3 is 14.9 Å². The summed E-state index contributed by atoms with van der Waals surface area (Å²) in [5, 5.41) is 7.89. The van der Waals surface area contributed by atoms with Crippen molar-refractivity contribution >= 4 is 23.8 Å². The molecule has 0 amide bonds. The van der Waals surface area contributed by atoms with Crippen LogP contribution >= 0.6 is 23.8 Å². The average molecular weight is 453 g/mol. The Balaban J connectivity index is 1.48. The summed E-state index contributed by atoms with van der Waals surface area (Å²) < 4.78 is 13.6. The summed E-state index contributed by atoms with van der Waals surface area (Å²) in [6.07, 6.45) is 0. The van der Waals surface area contributed by atoms with Crippen LogP contribution in [0, 0.1) is 4.77 Å². The first-order valence-corrected chi connectivity index (χ1v) is 10.4. The molecule has 0 aliphatic heterocycles. The van der Waals surface area contributed by atoms with Gasteiger partial charge in [-0.3, -0.25) is 0 Å². The molecule has 8 heteroatoms. The Labute approximate surface area is 190 Å². The van der Waals surface area contributed by atoms with Gasteiger partial charge in [-0.2, -0.15) is 5.10 Å². The number of rotatable bonds is 8. The maximum absolute atomic E-state index is 6.21. The lowest BCUT2D eigenvalue weighted by molar-refractivity contribution is 0.306. The third-order valence-electron chi connectivity index (χ3n) is 4.71. The van der Waals surface area contributed by atoms with Gasteiger partial charge >= 0.3 is 0 Å². The molecule has 0 bridgehead atoms. The van der Waals surface area contributed by atoms with Crippen LogP contribution in [0.1, 0.15) is 11.1 Å². The van der Waals surface area contributed by atoms with Crippen LogP contribution in [0.5, 0.6) is 11.5 Å². The van der Waals surface area contributed by atoms with Crippen LogP contribution in [0.15, 0.2) is 72.8 Å². The molecule has 158 valence electrons. The number of H-pyrrole nitrogens is 1. The second kappa shape index (κ2) is 9.68. The molecule has 4 rings (SSSR count). The molecule has 1 aromatic heterocycles. The molecular formula is C23H21ClN4O2S. The summed E-state index contributed by atoms with van der Waals surface area (Å²) >= 11 is 11.6. The third kappa shape index (κ3) is 4.90.